The third-order valence-electron chi connectivity index (χ3n) is 4.08. The Hall–Kier alpha value is -1.91. The van der Waals surface area contributed by atoms with E-state index in [-0.39, 0.29) is 21.9 Å². The van der Waals surface area contributed by atoms with Crippen molar-refractivity contribution in [1.29, 1.82) is 0 Å². The Morgan fingerprint density at radius 3 is 2.78 bits per heavy atom. The van der Waals surface area contributed by atoms with Crippen LogP contribution in [0.3, 0.4) is 0 Å². The highest BCUT2D eigenvalue weighted by Crippen LogP contribution is 2.35. The molecule has 0 aromatic carbocycles. The van der Waals surface area contributed by atoms with Gasteiger partial charge >= 0.3 is 0 Å². The first kappa shape index (κ1) is 19.8. The van der Waals surface area contributed by atoms with E-state index >= 15 is 0 Å². The quantitative estimate of drug-likeness (QED) is 0.568. The highest BCUT2D eigenvalue weighted by atomic mass is 32.2. The number of carbonyl (C=O) groups excluding carboxylic acids is 2. The Morgan fingerprint density at radius 1 is 1.48 bits per heavy atom. The molecule has 1 aromatic heterocycles. The fourth-order valence-electron chi connectivity index (χ4n) is 2.87. The molecule has 0 aliphatic carbocycles. The van der Waals surface area contributed by atoms with Gasteiger partial charge in [-0.15, -0.1) is 0 Å². The summed E-state index contributed by atoms with van der Waals surface area (Å²) in [5.41, 5.74) is 0. The Balaban J connectivity index is 1.80. The van der Waals surface area contributed by atoms with E-state index in [4.69, 9.17) is 16.6 Å². The Kier molecular flexibility index (Phi) is 5.59. The Bertz CT molecular complexity index is 932. The van der Waals surface area contributed by atoms with Crippen molar-refractivity contribution >= 4 is 56.0 Å². The van der Waals surface area contributed by atoms with E-state index in [9.17, 15) is 18.0 Å². The van der Waals surface area contributed by atoms with Crippen molar-refractivity contribution in [3.8, 4) is 0 Å². The molecule has 7 nitrogen and oxygen atoms in total. The topological polar surface area (TPSA) is 96.7 Å². The number of furan rings is 1. The number of sulfone groups is 1. The van der Waals surface area contributed by atoms with Gasteiger partial charge in [-0.05, 0) is 24.1 Å². The van der Waals surface area contributed by atoms with Crippen LogP contribution in [0.5, 0.6) is 0 Å². The standard InChI is InChI=1S/C17H18N2O5S3/c1-10(2)14(15(20)18-11-5-7-27(22,23)9-11)19-16(21)13(26-17(19)25)8-12-4-3-6-24-12/h3-8,10-11,14H,9H2,1-2H3,(H,18,20)/b13-8-/t11-,14+/m0/s1. The molecule has 0 bridgehead atoms. The number of rotatable bonds is 5. The molecular formula is C17H18N2O5S3. The van der Waals surface area contributed by atoms with Crippen LogP contribution < -0.4 is 5.32 Å². The molecule has 1 N–H and O–H groups in total. The fraction of sp³-hybridized carbons (Fsp3) is 0.353. The molecule has 10 heteroatoms. The van der Waals surface area contributed by atoms with Gasteiger partial charge in [0.15, 0.2) is 9.84 Å². The van der Waals surface area contributed by atoms with E-state index in [0.717, 1.165) is 17.2 Å². The molecule has 144 valence electrons. The maximum atomic E-state index is 12.9. The Labute approximate surface area is 166 Å². The smallest absolute Gasteiger partial charge is 0.267 e. The van der Waals surface area contributed by atoms with Crippen LogP contribution in [0.15, 0.2) is 39.2 Å². The second kappa shape index (κ2) is 7.61. The van der Waals surface area contributed by atoms with Crippen LogP contribution in [-0.4, -0.2) is 47.3 Å². The molecule has 1 fully saturated rings. The minimum atomic E-state index is -3.29. The SMILES string of the molecule is CC(C)[C@H](C(=O)N[C@H]1C=CS(=O)(=O)C1)N1C(=O)/C(=C/c2ccco2)SC1=S. The van der Waals surface area contributed by atoms with Crippen molar-refractivity contribution in [2.24, 2.45) is 5.92 Å². The van der Waals surface area contributed by atoms with Crippen molar-refractivity contribution in [3.05, 3.63) is 40.5 Å². The van der Waals surface area contributed by atoms with Gasteiger partial charge in [0.1, 0.15) is 16.1 Å². The van der Waals surface area contributed by atoms with E-state index in [2.05, 4.69) is 5.32 Å². The molecular weight excluding hydrogens is 408 g/mol. The summed E-state index contributed by atoms with van der Waals surface area (Å²) >= 11 is 6.44. The molecule has 1 aromatic rings. The van der Waals surface area contributed by atoms with Gasteiger partial charge < -0.3 is 9.73 Å². The molecule has 0 radical (unpaired) electrons. The van der Waals surface area contributed by atoms with Crippen molar-refractivity contribution in [2.75, 3.05) is 5.75 Å². The first-order valence-corrected chi connectivity index (χ1v) is 11.1. The van der Waals surface area contributed by atoms with E-state index < -0.39 is 27.8 Å². The Morgan fingerprint density at radius 2 is 2.22 bits per heavy atom. The number of nitrogens with zero attached hydrogens (tertiary/aromatic N) is 1. The van der Waals surface area contributed by atoms with Gasteiger partial charge in [0.05, 0.1) is 23.0 Å². The van der Waals surface area contributed by atoms with Crippen LogP contribution >= 0.6 is 24.0 Å². The minimum Gasteiger partial charge on any atom is -0.465 e. The molecule has 3 rings (SSSR count). The minimum absolute atomic E-state index is 0.180. The highest BCUT2D eigenvalue weighted by molar-refractivity contribution is 8.26. The van der Waals surface area contributed by atoms with Crippen LogP contribution in [0.4, 0.5) is 0 Å². The molecule has 3 heterocycles. The average molecular weight is 427 g/mol. The summed E-state index contributed by atoms with van der Waals surface area (Å²) in [5, 5.41) is 3.78. The molecule has 0 spiro atoms. The molecule has 2 amide bonds. The molecule has 1 saturated heterocycles. The van der Waals surface area contributed by atoms with Crippen LogP contribution in [0, 0.1) is 5.92 Å². The van der Waals surface area contributed by atoms with Crippen molar-refractivity contribution < 1.29 is 22.4 Å². The normalized spacial score (nSPS) is 24.2. The van der Waals surface area contributed by atoms with Gasteiger partial charge in [0.2, 0.25) is 5.91 Å². The first-order chi connectivity index (χ1) is 12.7. The second-order valence-electron chi connectivity index (χ2n) is 6.53. The lowest BCUT2D eigenvalue weighted by Gasteiger charge is -2.29. The number of carbonyl (C=O) groups is 2. The number of amides is 2. The molecule has 2 aliphatic rings. The van der Waals surface area contributed by atoms with E-state index in [1.54, 1.807) is 32.1 Å². The number of nitrogens with one attached hydrogen (secondary N) is 1. The van der Waals surface area contributed by atoms with Gasteiger partial charge in [-0.3, -0.25) is 14.5 Å². The third kappa shape index (κ3) is 4.33. The third-order valence-corrected chi connectivity index (χ3v) is 6.80. The van der Waals surface area contributed by atoms with Crippen molar-refractivity contribution in [3.63, 3.8) is 0 Å². The average Bonchev–Trinajstić information content (AvgIpc) is 3.25. The van der Waals surface area contributed by atoms with Gasteiger partial charge in [-0.2, -0.15) is 0 Å². The summed E-state index contributed by atoms with van der Waals surface area (Å²) in [6.45, 7) is 3.61. The summed E-state index contributed by atoms with van der Waals surface area (Å²) in [7, 11) is -3.29. The predicted molar refractivity (Wildman–Crippen MR) is 107 cm³/mol. The molecule has 0 saturated carbocycles. The second-order valence-corrected chi connectivity index (χ2v) is 10.1. The number of thioether (sulfide) groups is 1. The lowest BCUT2D eigenvalue weighted by Crippen LogP contribution is -2.53. The van der Waals surface area contributed by atoms with E-state index in [1.165, 1.54) is 17.2 Å². The van der Waals surface area contributed by atoms with Gasteiger partial charge in [-0.1, -0.05) is 37.8 Å². The van der Waals surface area contributed by atoms with Gasteiger partial charge in [0, 0.05) is 11.5 Å². The van der Waals surface area contributed by atoms with Gasteiger partial charge in [-0.25, -0.2) is 8.42 Å². The summed E-state index contributed by atoms with van der Waals surface area (Å²) in [6.07, 6.45) is 4.52. The van der Waals surface area contributed by atoms with E-state index in [0.29, 0.717) is 10.7 Å². The van der Waals surface area contributed by atoms with Crippen LogP contribution in [0.1, 0.15) is 19.6 Å². The molecule has 27 heavy (non-hydrogen) atoms. The number of thiocarbonyl (C=S) groups is 1. The predicted octanol–water partition coefficient (Wildman–Crippen LogP) is 1.93. The number of hydrogen-bond donors (Lipinski definition) is 1. The van der Waals surface area contributed by atoms with Crippen LogP contribution in [-0.2, 0) is 19.4 Å². The largest absolute Gasteiger partial charge is 0.465 e. The van der Waals surface area contributed by atoms with E-state index in [1.807, 2.05) is 0 Å². The lowest BCUT2D eigenvalue weighted by molar-refractivity contribution is -0.134. The summed E-state index contributed by atoms with van der Waals surface area (Å²) in [4.78, 5) is 27.3. The van der Waals surface area contributed by atoms with Crippen LogP contribution in [0.2, 0.25) is 0 Å². The fourth-order valence-corrected chi connectivity index (χ4v) is 5.42. The van der Waals surface area contributed by atoms with Crippen molar-refractivity contribution in [1.82, 2.24) is 10.2 Å². The molecule has 2 atom stereocenters. The molecule has 2 aliphatic heterocycles. The maximum absolute atomic E-state index is 12.9. The lowest BCUT2D eigenvalue weighted by atomic mass is 10.0. The van der Waals surface area contributed by atoms with Crippen LogP contribution in [0.25, 0.3) is 6.08 Å². The zero-order valence-corrected chi connectivity index (χ0v) is 17.1. The first-order valence-electron chi connectivity index (χ1n) is 8.20. The summed E-state index contributed by atoms with van der Waals surface area (Å²) < 4.78 is 28.6. The summed E-state index contributed by atoms with van der Waals surface area (Å²) in [6, 6.07) is 1.98. The monoisotopic (exact) mass is 426 g/mol. The van der Waals surface area contributed by atoms with Gasteiger partial charge in [0.25, 0.3) is 5.91 Å². The molecule has 0 unspecified atom stereocenters. The van der Waals surface area contributed by atoms with Crippen molar-refractivity contribution in [2.45, 2.75) is 25.9 Å². The maximum Gasteiger partial charge on any atom is 0.267 e. The zero-order valence-electron chi connectivity index (χ0n) is 14.6. The number of hydrogen-bond acceptors (Lipinski definition) is 7. The summed E-state index contributed by atoms with van der Waals surface area (Å²) in [5.74, 6) is -0.697. The highest BCUT2D eigenvalue weighted by Gasteiger charge is 2.42. The zero-order chi connectivity index (χ0) is 19.8.